The number of nitrogens with one attached hydrogen (secondary N) is 1. The summed E-state index contributed by atoms with van der Waals surface area (Å²) in [6, 6.07) is 9.85. The summed E-state index contributed by atoms with van der Waals surface area (Å²) in [6.07, 6.45) is 0. The number of nitriles is 1. The Morgan fingerprint density at radius 1 is 1.41 bits per heavy atom. The smallest absolute Gasteiger partial charge is 0.149 e. The van der Waals surface area contributed by atoms with E-state index in [1.807, 2.05) is 18.4 Å². The molecule has 86 valence electrons. The Hall–Kier alpha value is -1.86. The first kappa shape index (κ1) is 11.6. The van der Waals surface area contributed by atoms with E-state index in [2.05, 4.69) is 11.4 Å². The van der Waals surface area contributed by atoms with Gasteiger partial charge in [-0.3, -0.25) is 0 Å². The van der Waals surface area contributed by atoms with Gasteiger partial charge >= 0.3 is 0 Å². The highest BCUT2D eigenvalue weighted by atomic mass is 32.1. The number of anilines is 1. The van der Waals surface area contributed by atoms with Crippen molar-refractivity contribution in [2.45, 2.75) is 13.0 Å². The van der Waals surface area contributed by atoms with Crippen molar-refractivity contribution in [3.05, 3.63) is 52.0 Å². The lowest BCUT2D eigenvalue weighted by Crippen LogP contribution is -2.08. The normalized spacial score (nSPS) is 11.8. The molecule has 1 atom stereocenters. The van der Waals surface area contributed by atoms with Gasteiger partial charge in [0.1, 0.15) is 11.9 Å². The summed E-state index contributed by atoms with van der Waals surface area (Å²) in [5, 5.41) is 14.1. The third-order valence-corrected chi connectivity index (χ3v) is 3.51. The Bertz CT molecular complexity index is 557. The van der Waals surface area contributed by atoms with E-state index in [1.54, 1.807) is 12.1 Å². The molecule has 2 aromatic rings. The highest BCUT2D eigenvalue weighted by Crippen LogP contribution is 2.26. The zero-order chi connectivity index (χ0) is 12.3. The molecule has 0 amide bonds. The minimum Gasteiger partial charge on any atom is -0.365 e. The Labute approximate surface area is 103 Å². The van der Waals surface area contributed by atoms with Crippen molar-refractivity contribution in [1.82, 2.24) is 0 Å². The van der Waals surface area contributed by atoms with Gasteiger partial charge in [-0.25, -0.2) is 4.39 Å². The molecule has 0 aliphatic heterocycles. The topological polar surface area (TPSA) is 35.8 Å². The lowest BCUT2D eigenvalue weighted by Gasteiger charge is -2.12. The maximum absolute atomic E-state index is 13.0. The quantitative estimate of drug-likeness (QED) is 0.892. The van der Waals surface area contributed by atoms with Crippen molar-refractivity contribution >= 4 is 17.0 Å². The number of rotatable bonds is 3. The Balaban J connectivity index is 2.23. The fourth-order valence-electron chi connectivity index (χ4n) is 1.58. The highest BCUT2D eigenvalue weighted by molar-refractivity contribution is 7.10. The van der Waals surface area contributed by atoms with E-state index >= 15 is 0 Å². The Kier molecular flexibility index (Phi) is 3.40. The lowest BCUT2D eigenvalue weighted by atomic mass is 10.1. The molecule has 4 heteroatoms. The average Bonchev–Trinajstić information content (AvgIpc) is 2.72. The number of thiophene rings is 1. The van der Waals surface area contributed by atoms with Crippen LogP contribution in [0, 0.1) is 24.1 Å². The number of halogens is 1. The largest absolute Gasteiger partial charge is 0.365 e. The van der Waals surface area contributed by atoms with Gasteiger partial charge in [-0.15, -0.1) is 11.3 Å². The lowest BCUT2D eigenvalue weighted by molar-refractivity contribution is 0.628. The highest BCUT2D eigenvalue weighted by Gasteiger charge is 2.14. The molecule has 1 N–H and O–H groups in total. The maximum atomic E-state index is 13.0. The van der Waals surface area contributed by atoms with Crippen LogP contribution in [0.25, 0.3) is 0 Å². The molecule has 1 aromatic carbocycles. The molecule has 1 aromatic heterocycles. The van der Waals surface area contributed by atoms with Crippen LogP contribution in [0.3, 0.4) is 0 Å². The molecule has 1 unspecified atom stereocenters. The third kappa shape index (κ3) is 2.63. The Morgan fingerprint density at radius 2 is 2.24 bits per heavy atom. The van der Waals surface area contributed by atoms with Crippen LogP contribution in [0.2, 0.25) is 0 Å². The van der Waals surface area contributed by atoms with Gasteiger partial charge in [0.25, 0.3) is 0 Å². The minimum absolute atomic E-state index is 0.311. The van der Waals surface area contributed by atoms with Crippen LogP contribution in [-0.4, -0.2) is 0 Å². The number of nitrogens with zero attached hydrogens (tertiary/aromatic N) is 1. The summed E-state index contributed by atoms with van der Waals surface area (Å²) < 4.78 is 13.0. The molecule has 2 rings (SSSR count). The number of hydrogen-bond acceptors (Lipinski definition) is 3. The summed E-state index contributed by atoms with van der Waals surface area (Å²) in [6.45, 7) is 1.96. The number of benzene rings is 1. The third-order valence-electron chi connectivity index (χ3n) is 2.43. The molecule has 0 aliphatic carbocycles. The van der Waals surface area contributed by atoms with Crippen molar-refractivity contribution in [3.63, 3.8) is 0 Å². The van der Waals surface area contributed by atoms with Crippen molar-refractivity contribution in [2.75, 3.05) is 5.32 Å². The number of aryl methyl sites for hydroxylation is 1. The van der Waals surface area contributed by atoms with Crippen LogP contribution in [0.5, 0.6) is 0 Å². The molecule has 0 radical (unpaired) electrons. The van der Waals surface area contributed by atoms with E-state index in [-0.39, 0.29) is 5.82 Å². The molecule has 0 saturated heterocycles. The fourth-order valence-corrected chi connectivity index (χ4v) is 2.50. The van der Waals surface area contributed by atoms with Crippen molar-refractivity contribution < 1.29 is 4.39 Å². The minimum atomic E-state index is -0.434. The van der Waals surface area contributed by atoms with Crippen molar-refractivity contribution in [3.8, 4) is 6.07 Å². The van der Waals surface area contributed by atoms with E-state index in [0.717, 1.165) is 10.4 Å². The number of hydrogen-bond donors (Lipinski definition) is 1. The van der Waals surface area contributed by atoms with Crippen LogP contribution >= 0.6 is 11.3 Å². The molecule has 0 aliphatic rings. The summed E-state index contributed by atoms with van der Waals surface area (Å²) >= 11 is 1.53. The second-order valence-electron chi connectivity index (χ2n) is 3.68. The fraction of sp³-hybridized carbons (Fsp3) is 0.154. The van der Waals surface area contributed by atoms with E-state index < -0.39 is 6.04 Å². The zero-order valence-corrected chi connectivity index (χ0v) is 10.1. The Morgan fingerprint density at radius 3 is 2.82 bits per heavy atom. The standard InChI is InChI=1S/C13H11FN2S/c1-9-5-6-17-13(9)12(8-15)16-11-4-2-3-10(14)7-11/h2-7,12,16H,1H3. The van der Waals surface area contributed by atoms with E-state index in [0.29, 0.717) is 5.69 Å². The van der Waals surface area contributed by atoms with Gasteiger partial charge in [0.15, 0.2) is 0 Å². The summed E-state index contributed by atoms with van der Waals surface area (Å²) in [5.74, 6) is -0.311. The van der Waals surface area contributed by atoms with Crippen molar-refractivity contribution in [2.24, 2.45) is 0 Å². The molecule has 0 bridgehead atoms. The first-order valence-corrected chi connectivity index (χ1v) is 6.04. The zero-order valence-electron chi connectivity index (χ0n) is 9.27. The first-order chi connectivity index (χ1) is 8.20. The molecule has 0 fully saturated rings. The second-order valence-corrected chi connectivity index (χ2v) is 4.63. The molecule has 2 nitrogen and oxygen atoms in total. The summed E-state index contributed by atoms with van der Waals surface area (Å²) in [4.78, 5) is 0.969. The molecule has 0 spiro atoms. The molecular weight excluding hydrogens is 235 g/mol. The van der Waals surface area contributed by atoms with Crippen molar-refractivity contribution in [1.29, 1.82) is 5.26 Å². The van der Waals surface area contributed by atoms with Gasteiger partial charge in [-0.1, -0.05) is 6.07 Å². The van der Waals surface area contributed by atoms with E-state index in [9.17, 15) is 4.39 Å². The van der Waals surface area contributed by atoms with Gasteiger partial charge in [-0.05, 0) is 42.1 Å². The maximum Gasteiger partial charge on any atom is 0.149 e. The monoisotopic (exact) mass is 246 g/mol. The average molecular weight is 246 g/mol. The van der Waals surface area contributed by atoms with Gasteiger partial charge in [0.05, 0.1) is 6.07 Å². The van der Waals surface area contributed by atoms with Crippen LogP contribution in [0.1, 0.15) is 16.5 Å². The molecule has 1 heterocycles. The summed E-state index contributed by atoms with van der Waals surface area (Å²) in [5.41, 5.74) is 1.69. The molecule has 17 heavy (non-hydrogen) atoms. The van der Waals surface area contributed by atoms with Crippen LogP contribution in [-0.2, 0) is 0 Å². The van der Waals surface area contributed by atoms with Gasteiger partial charge < -0.3 is 5.32 Å². The summed E-state index contributed by atoms with van der Waals surface area (Å²) in [7, 11) is 0. The molecule has 0 saturated carbocycles. The van der Waals surface area contributed by atoms with Gasteiger partial charge in [0, 0.05) is 10.6 Å². The van der Waals surface area contributed by atoms with Gasteiger partial charge in [-0.2, -0.15) is 5.26 Å². The van der Waals surface area contributed by atoms with Gasteiger partial charge in [0.2, 0.25) is 0 Å². The molecular formula is C13H11FN2S. The van der Waals surface area contributed by atoms with Crippen LogP contribution < -0.4 is 5.32 Å². The predicted octanol–water partition coefficient (Wildman–Crippen LogP) is 3.87. The van der Waals surface area contributed by atoms with E-state index in [4.69, 9.17) is 5.26 Å². The SMILES string of the molecule is Cc1ccsc1C(C#N)Nc1cccc(F)c1. The van der Waals surface area contributed by atoms with Crippen LogP contribution in [0.4, 0.5) is 10.1 Å². The van der Waals surface area contributed by atoms with Crippen LogP contribution in [0.15, 0.2) is 35.7 Å². The second kappa shape index (κ2) is 4.98. The first-order valence-electron chi connectivity index (χ1n) is 5.16. The van der Waals surface area contributed by atoms with E-state index in [1.165, 1.54) is 23.5 Å². The predicted molar refractivity (Wildman–Crippen MR) is 67.4 cm³/mol.